The van der Waals surface area contributed by atoms with Crippen LogP contribution in [-0.4, -0.2) is 23.1 Å². The fourth-order valence-electron chi connectivity index (χ4n) is 2.14. The van der Waals surface area contributed by atoms with Crippen LogP contribution in [0, 0.1) is 0 Å². The Kier molecular flexibility index (Phi) is 2.98. The molecule has 1 aromatic carbocycles. The van der Waals surface area contributed by atoms with Crippen molar-refractivity contribution in [1.29, 1.82) is 0 Å². The quantitative estimate of drug-likeness (QED) is 0.812. The third-order valence-electron chi connectivity index (χ3n) is 3.10. The van der Waals surface area contributed by atoms with Crippen molar-refractivity contribution >= 4 is 10.9 Å². The second kappa shape index (κ2) is 4.77. The molecule has 1 aliphatic heterocycles. The maximum absolute atomic E-state index is 5.23. The number of nitrogens with zero attached hydrogens (tertiary/aromatic N) is 2. The molecule has 4 heteroatoms. The highest BCUT2D eigenvalue weighted by Crippen LogP contribution is 2.20. The van der Waals surface area contributed by atoms with Crippen LogP contribution in [0.15, 0.2) is 30.5 Å². The average Bonchev–Trinajstić information content (AvgIpc) is 2.67. The molecular formula is C13H15N3O. The van der Waals surface area contributed by atoms with Crippen LogP contribution in [0.2, 0.25) is 0 Å². The summed E-state index contributed by atoms with van der Waals surface area (Å²) in [6.45, 7) is 1.56. The lowest BCUT2D eigenvalue weighted by molar-refractivity contribution is 0.0511. The number of hydrogen-bond donors (Lipinski definition) is 1. The van der Waals surface area contributed by atoms with Crippen LogP contribution >= 0.6 is 0 Å². The van der Waals surface area contributed by atoms with Crippen LogP contribution in [-0.2, 0) is 4.84 Å². The van der Waals surface area contributed by atoms with Gasteiger partial charge in [-0.2, -0.15) is 0 Å². The van der Waals surface area contributed by atoms with Gasteiger partial charge < -0.3 is 4.84 Å². The topological polar surface area (TPSA) is 47.0 Å². The summed E-state index contributed by atoms with van der Waals surface area (Å²) in [5.41, 5.74) is 3.98. The van der Waals surface area contributed by atoms with E-state index in [1.807, 2.05) is 30.5 Å². The Bertz CT molecular complexity index is 507. The molecule has 1 fully saturated rings. The van der Waals surface area contributed by atoms with E-state index in [-0.39, 0.29) is 0 Å². The molecule has 0 bridgehead atoms. The first-order valence-corrected chi connectivity index (χ1v) is 6.00. The molecular weight excluding hydrogens is 214 g/mol. The SMILES string of the molecule is c1ccc2nc(C3CCCONC3)ncc2c1. The lowest BCUT2D eigenvalue weighted by Crippen LogP contribution is -2.20. The van der Waals surface area contributed by atoms with Gasteiger partial charge in [0.1, 0.15) is 5.82 Å². The van der Waals surface area contributed by atoms with Gasteiger partial charge in [0.25, 0.3) is 0 Å². The minimum absolute atomic E-state index is 0.349. The highest BCUT2D eigenvalue weighted by molar-refractivity contribution is 5.77. The highest BCUT2D eigenvalue weighted by Gasteiger charge is 2.17. The summed E-state index contributed by atoms with van der Waals surface area (Å²) in [5, 5.41) is 1.09. The van der Waals surface area contributed by atoms with Gasteiger partial charge in [-0.1, -0.05) is 18.2 Å². The van der Waals surface area contributed by atoms with Crippen LogP contribution in [0.5, 0.6) is 0 Å². The first-order chi connectivity index (χ1) is 8.43. The van der Waals surface area contributed by atoms with Crippen molar-refractivity contribution in [2.45, 2.75) is 18.8 Å². The van der Waals surface area contributed by atoms with Gasteiger partial charge in [0, 0.05) is 24.0 Å². The summed E-state index contributed by atoms with van der Waals surface area (Å²) in [4.78, 5) is 14.3. The van der Waals surface area contributed by atoms with Gasteiger partial charge in [-0.3, -0.25) is 0 Å². The number of para-hydroxylation sites is 1. The van der Waals surface area contributed by atoms with E-state index < -0.39 is 0 Å². The zero-order chi connectivity index (χ0) is 11.5. The molecule has 17 heavy (non-hydrogen) atoms. The van der Waals surface area contributed by atoms with Gasteiger partial charge in [-0.15, -0.1) is 0 Å². The van der Waals surface area contributed by atoms with Crippen LogP contribution in [0.1, 0.15) is 24.6 Å². The Morgan fingerprint density at radius 2 is 2.24 bits per heavy atom. The summed E-state index contributed by atoms with van der Waals surface area (Å²) >= 11 is 0. The molecule has 1 atom stereocenters. The lowest BCUT2D eigenvalue weighted by atomic mass is 10.0. The van der Waals surface area contributed by atoms with Crippen molar-refractivity contribution in [3.05, 3.63) is 36.3 Å². The van der Waals surface area contributed by atoms with Gasteiger partial charge in [0.15, 0.2) is 0 Å². The van der Waals surface area contributed by atoms with E-state index in [1.54, 1.807) is 0 Å². The summed E-state index contributed by atoms with van der Waals surface area (Å²) in [6.07, 6.45) is 4.03. The van der Waals surface area contributed by atoms with Gasteiger partial charge in [-0.05, 0) is 18.9 Å². The number of fused-ring (bicyclic) bond motifs is 1. The molecule has 0 amide bonds. The molecule has 0 spiro atoms. The van der Waals surface area contributed by atoms with E-state index >= 15 is 0 Å². The first kappa shape index (κ1) is 10.6. The van der Waals surface area contributed by atoms with Crippen molar-refractivity contribution in [3.63, 3.8) is 0 Å². The number of nitrogens with one attached hydrogen (secondary N) is 1. The number of hydroxylamine groups is 1. The molecule has 1 aliphatic rings. The fraction of sp³-hybridized carbons (Fsp3) is 0.385. The Labute approximate surface area is 100.0 Å². The van der Waals surface area contributed by atoms with Crippen molar-refractivity contribution in [3.8, 4) is 0 Å². The molecule has 1 aromatic heterocycles. The van der Waals surface area contributed by atoms with Crippen LogP contribution in [0.25, 0.3) is 10.9 Å². The van der Waals surface area contributed by atoms with Crippen LogP contribution < -0.4 is 5.48 Å². The standard InChI is InChI=1S/C13H15N3O/c1-2-6-12-10(4-1)8-14-13(16-12)11-5-3-7-17-15-9-11/h1-2,4,6,8,11,15H,3,5,7,9H2. The van der Waals surface area contributed by atoms with Crippen molar-refractivity contribution in [1.82, 2.24) is 15.4 Å². The minimum Gasteiger partial charge on any atom is -0.302 e. The fourth-order valence-corrected chi connectivity index (χ4v) is 2.14. The van der Waals surface area contributed by atoms with Gasteiger partial charge in [-0.25, -0.2) is 15.4 Å². The third kappa shape index (κ3) is 2.28. The van der Waals surface area contributed by atoms with E-state index in [9.17, 15) is 0 Å². The average molecular weight is 229 g/mol. The maximum atomic E-state index is 5.23. The molecule has 1 unspecified atom stereocenters. The van der Waals surface area contributed by atoms with Gasteiger partial charge in [0.05, 0.1) is 12.1 Å². The second-order valence-electron chi connectivity index (χ2n) is 4.32. The van der Waals surface area contributed by atoms with E-state index in [1.165, 1.54) is 0 Å². The third-order valence-corrected chi connectivity index (χ3v) is 3.10. The van der Waals surface area contributed by atoms with Crippen molar-refractivity contribution in [2.75, 3.05) is 13.2 Å². The first-order valence-electron chi connectivity index (χ1n) is 6.00. The number of rotatable bonds is 1. The molecule has 4 nitrogen and oxygen atoms in total. The normalized spacial score (nSPS) is 21.3. The zero-order valence-electron chi connectivity index (χ0n) is 9.60. The van der Waals surface area contributed by atoms with Crippen molar-refractivity contribution < 1.29 is 4.84 Å². The van der Waals surface area contributed by atoms with Gasteiger partial charge in [0.2, 0.25) is 0 Å². The molecule has 88 valence electrons. The molecule has 2 heterocycles. The Hall–Kier alpha value is -1.52. The highest BCUT2D eigenvalue weighted by atomic mass is 16.6. The largest absolute Gasteiger partial charge is 0.302 e. The van der Waals surface area contributed by atoms with Crippen LogP contribution in [0.4, 0.5) is 0 Å². The Morgan fingerprint density at radius 1 is 1.29 bits per heavy atom. The number of aromatic nitrogens is 2. The molecule has 1 saturated heterocycles. The molecule has 0 radical (unpaired) electrons. The van der Waals surface area contributed by atoms with E-state index in [4.69, 9.17) is 4.84 Å². The predicted octanol–water partition coefficient (Wildman–Crippen LogP) is 2.03. The Balaban J connectivity index is 1.93. The summed E-state index contributed by atoms with van der Waals surface area (Å²) in [6, 6.07) is 8.08. The van der Waals surface area contributed by atoms with Crippen molar-refractivity contribution in [2.24, 2.45) is 0 Å². The predicted molar refractivity (Wildman–Crippen MR) is 65.5 cm³/mol. The summed E-state index contributed by atoms with van der Waals surface area (Å²) in [7, 11) is 0. The van der Waals surface area contributed by atoms with Gasteiger partial charge >= 0.3 is 0 Å². The molecule has 2 aromatic rings. The Morgan fingerprint density at radius 3 is 3.24 bits per heavy atom. The van der Waals surface area contributed by atoms with Crippen LogP contribution in [0.3, 0.4) is 0 Å². The number of hydrogen-bond acceptors (Lipinski definition) is 4. The zero-order valence-corrected chi connectivity index (χ0v) is 9.60. The maximum Gasteiger partial charge on any atom is 0.133 e. The molecule has 0 aliphatic carbocycles. The second-order valence-corrected chi connectivity index (χ2v) is 4.32. The summed E-state index contributed by atoms with van der Waals surface area (Å²) < 4.78 is 0. The molecule has 0 saturated carbocycles. The van der Waals surface area contributed by atoms with E-state index in [0.717, 1.165) is 42.7 Å². The monoisotopic (exact) mass is 229 g/mol. The smallest absolute Gasteiger partial charge is 0.133 e. The minimum atomic E-state index is 0.349. The summed E-state index contributed by atoms with van der Waals surface area (Å²) in [5.74, 6) is 1.27. The van der Waals surface area contributed by atoms with E-state index in [0.29, 0.717) is 5.92 Å². The number of benzene rings is 1. The molecule has 3 rings (SSSR count). The lowest BCUT2D eigenvalue weighted by Gasteiger charge is -2.12. The van der Waals surface area contributed by atoms with E-state index in [2.05, 4.69) is 15.4 Å². The molecule has 1 N–H and O–H groups in total.